The van der Waals surface area contributed by atoms with Crippen molar-refractivity contribution in [2.45, 2.75) is 26.8 Å². The predicted octanol–water partition coefficient (Wildman–Crippen LogP) is 3.17. The lowest BCUT2D eigenvalue weighted by Crippen LogP contribution is -2.34. The highest BCUT2D eigenvalue weighted by Crippen LogP contribution is 2.31. The zero-order chi connectivity index (χ0) is 13.9. The van der Waals surface area contributed by atoms with Gasteiger partial charge in [-0.15, -0.1) is 5.10 Å². The molecule has 1 unspecified atom stereocenters. The molecule has 0 spiro atoms. The van der Waals surface area contributed by atoms with Gasteiger partial charge in [-0.3, -0.25) is 0 Å². The normalized spacial score (nSPS) is 17.9. The molecule has 2 aromatic rings. The van der Waals surface area contributed by atoms with Crippen molar-refractivity contribution in [1.82, 2.24) is 9.59 Å². The van der Waals surface area contributed by atoms with Gasteiger partial charge in [0.25, 0.3) is 0 Å². The highest BCUT2D eigenvalue weighted by molar-refractivity contribution is 7.10. The van der Waals surface area contributed by atoms with Crippen LogP contribution < -0.4 is 10.2 Å². The van der Waals surface area contributed by atoms with Crippen LogP contribution in [0.25, 0.3) is 0 Å². The molecule has 0 saturated heterocycles. The van der Waals surface area contributed by atoms with E-state index in [1.807, 2.05) is 0 Å². The molecule has 1 atom stereocenters. The fourth-order valence-electron chi connectivity index (χ4n) is 2.84. The third-order valence-corrected chi connectivity index (χ3v) is 4.39. The van der Waals surface area contributed by atoms with Crippen LogP contribution in [0.1, 0.15) is 25.1 Å². The van der Waals surface area contributed by atoms with Crippen molar-refractivity contribution in [3.8, 4) is 0 Å². The Bertz CT molecular complexity index is 581. The van der Waals surface area contributed by atoms with Crippen molar-refractivity contribution < 1.29 is 0 Å². The molecule has 5 heteroatoms. The molecule has 0 bridgehead atoms. The zero-order valence-electron chi connectivity index (χ0n) is 12.0. The minimum absolute atomic E-state index is 0.680. The summed E-state index contributed by atoms with van der Waals surface area (Å²) in [5, 5.41) is 8.74. The summed E-state index contributed by atoms with van der Waals surface area (Å²) < 4.78 is 4.08. The van der Waals surface area contributed by atoms with Crippen molar-refractivity contribution in [2.24, 2.45) is 5.92 Å². The van der Waals surface area contributed by atoms with Gasteiger partial charge in [0.15, 0.2) is 0 Å². The maximum Gasteiger partial charge on any atom is 0.135 e. The van der Waals surface area contributed by atoms with Crippen LogP contribution in [-0.2, 0) is 13.0 Å². The first kappa shape index (κ1) is 13.4. The molecule has 20 heavy (non-hydrogen) atoms. The van der Waals surface area contributed by atoms with Gasteiger partial charge in [0.2, 0.25) is 0 Å². The number of nitrogens with one attached hydrogen (secondary N) is 1. The summed E-state index contributed by atoms with van der Waals surface area (Å²) in [6.45, 7) is 7.24. The first-order valence-corrected chi connectivity index (χ1v) is 7.93. The van der Waals surface area contributed by atoms with E-state index in [4.69, 9.17) is 0 Å². The van der Waals surface area contributed by atoms with Gasteiger partial charge < -0.3 is 10.2 Å². The van der Waals surface area contributed by atoms with Crippen molar-refractivity contribution in [3.63, 3.8) is 0 Å². The van der Waals surface area contributed by atoms with Crippen LogP contribution in [0.15, 0.2) is 24.3 Å². The van der Waals surface area contributed by atoms with E-state index in [2.05, 4.69) is 57.9 Å². The smallest absolute Gasteiger partial charge is 0.135 e. The summed E-state index contributed by atoms with van der Waals surface area (Å²) in [5.74, 6) is 0.680. The van der Waals surface area contributed by atoms with Crippen molar-refractivity contribution in [2.75, 3.05) is 23.3 Å². The number of hydrogen-bond acceptors (Lipinski definition) is 5. The summed E-state index contributed by atoms with van der Waals surface area (Å²) in [5.41, 5.74) is 3.85. The second kappa shape index (κ2) is 5.79. The Morgan fingerprint density at radius 1 is 1.40 bits per heavy atom. The van der Waals surface area contributed by atoms with Gasteiger partial charge in [0.05, 0.1) is 6.54 Å². The summed E-state index contributed by atoms with van der Waals surface area (Å²) in [6, 6.07) is 8.70. The van der Waals surface area contributed by atoms with Crippen LogP contribution in [0.3, 0.4) is 0 Å². The number of anilines is 2. The third-order valence-electron chi connectivity index (χ3n) is 3.67. The number of hydrogen-bond donors (Lipinski definition) is 1. The Morgan fingerprint density at radius 2 is 2.25 bits per heavy atom. The van der Waals surface area contributed by atoms with Gasteiger partial charge in [-0.2, -0.15) is 0 Å². The van der Waals surface area contributed by atoms with Crippen molar-refractivity contribution in [1.29, 1.82) is 0 Å². The maximum atomic E-state index is 4.29. The van der Waals surface area contributed by atoms with Gasteiger partial charge in [-0.05, 0) is 30.9 Å². The van der Waals surface area contributed by atoms with Crippen molar-refractivity contribution >= 4 is 22.2 Å². The Hall–Kier alpha value is -1.62. The van der Waals surface area contributed by atoms with Gasteiger partial charge in [0.1, 0.15) is 10.7 Å². The van der Waals surface area contributed by atoms with E-state index in [0.717, 1.165) is 30.3 Å². The van der Waals surface area contributed by atoms with Crippen LogP contribution in [0.5, 0.6) is 0 Å². The van der Waals surface area contributed by atoms with Gasteiger partial charge >= 0.3 is 0 Å². The molecule has 0 saturated carbocycles. The average molecular weight is 288 g/mol. The highest BCUT2D eigenvalue weighted by Gasteiger charge is 2.23. The fourth-order valence-corrected chi connectivity index (χ4v) is 3.48. The molecule has 0 amide bonds. The van der Waals surface area contributed by atoms with Gasteiger partial charge in [-0.25, -0.2) is 0 Å². The topological polar surface area (TPSA) is 41.1 Å². The maximum absolute atomic E-state index is 4.29. The molecule has 1 aliphatic heterocycles. The quantitative estimate of drug-likeness (QED) is 0.938. The summed E-state index contributed by atoms with van der Waals surface area (Å²) in [7, 11) is 0. The molecule has 0 radical (unpaired) electrons. The van der Waals surface area contributed by atoms with Crippen LogP contribution in [0, 0.1) is 5.92 Å². The lowest BCUT2D eigenvalue weighted by atomic mass is 9.94. The number of aromatic nitrogens is 2. The monoisotopic (exact) mass is 288 g/mol. The SMILES string of the molecule is CCNc1snnc1CN1CC(C)Cc2ccccc21. The second-order valence-corrected chi connectivity index (χ2v) is 6.15. The van der Waals surface area contributed by atoms with E-state index in [9.17, 15) is 0 Å². The molecule has 1 aliphatic rings. The number of rotatable bonds is 4. The van der Waals surface area contributed by atoms with Gasteiger partial charge in [-0.1, -0.05) is 29.6 Å². The second-order valence-electron chi connectivity index (χ2n) is 5.40. The minimum Gasteiger partial charge on any atom is -0.374 e. The molecular weight excluding hydrogens is 268 g/mol. The lowest BCUT2D eigenvalue weighted by Gasteiger charge is -2.34. The number of para-hydroxylation sites is 1. The Morgan fingerprint density at radius 3 is 3.10 bits per heavy atom. The number of nitrogens with zero attached hydrogens (tertiary/aromatic N) is 3. The van der Waals surface area contributed by atoms with Crippen LogP contribution in [0.4, 0.5) is 10.7 Å². The minimum atomic E-state index is 0.680. The van der Waals surface area contributed by atoms with E-state index < -0.39 is 0 Å². The molecule has 106 valence electrons. The van der Waals surface area contributed by atoms with Crippen LogP contribution in [-0.4, -0.2) is 22.7 Å². The third kappa shape index (κ3) is 2.63. The average Bonchev–Trinajstić information content (AvgIpc) is 2.86. The molecule has 1 aromatic carbocycles. The first-order valence-electron chi connectivity index (χ1n) is 7.16. The molecular formula is C15H20N4S. The van der Waals surface area contributed by atoms with Gasteiger partial charge in [0, 0.05) is 30.3 Å². The van der Waals surface area contributed by atoms with E-state index >= 15 is 0 Å². The number of fused-ring (bicyclic) bond motifs is 1. The Labute approximate surface area is 124 Å². The van der Waals surface area contributed by atoms with E-state index in [0.29, 0.717) is 5.92 Å². The fraction of sp³-hybridized carbons (Fsp3) is 0.467. The molecule has 2 heterocycles. The predicted molar refractivity (Wildman–Crippen MR) is 84.4 cm³/mol. The van der Waals surface area contributed by atoms with Crippen LogP contribution >= 0.6 is 11.5 Å². The summed E-state index contributed by atoms with van der Waals surface area (Å²) in [6.07, 6.45) is 1.17. The van der Waals surface area contributed by atoms with E-state index in [1.165, 1.54) is 29.2 Å². The van der Waals surface area contributed by atoms with E-state index in [1.54, 1.807) is 0 Å². The summed E-state index contributed by atoms with van der Waals surface area (Å²) in [4.78, 5) is 2.43. The molecule has 0 fully saturated rings. The molecule has 4 nitrogen and oxygen atoms in total. The molecule has 1 N–H and O–H groups in total. The largest absolute Gasteiger partial charge is 0.374 e. The Balaban J connectivity index is 1.85. The van der Waals surface area contributed by atoms with Crippen molar-refractivity contribution in [3.05, 3.63) is 35.5 Å². The number of benzene rings is 1. The van der Waals surface area contributed by atoms with E-state index in [-0.39, 0.29) is 0 Å². The summed E-state index contributed by atoms with van der Waals surface area (Å²) >= 11 is 1.45. The first-order chi connectivity index (χ1) is 9.78. The lowest BCUT2D eigenvalue weighted by molar-refractivity contribution is 0.528. The highest BCUT2D eigenvalue weighted by atomic mass is 32.1. The van der Waals surface area contributed by atoms with Crippen LogP contribution in [0.2, 0.25) is 0 Å². The zero-order valence-corrected chi connectivity index (χ0v) is 12.8. The molecule has 3 rings (SSSR count). The Kier molecular flexibility index (Phi) is 3.87. The molecule has 0 aliphatic carbocycles. The molecule has 1 aromatic heterocycles. The standard InChI is InChI=1S/C15H20N4S/c1-3-16-15-13(17-18-20-15)10-19-9-11(2)8-12-6-4-5-7-14(12)19/h4-7,11,16H,3,8-10H2,1-2H3.